The van der Waals surface area contributed by atoms with Gasteiger partial charge in [0.1, 0.15) is 0 Å². The van der Waals surface area contributed by atoms with Gasteiger partial charge in [0.2, 0.25) is 0 Å². The molecule has 2 heterocycles. The van der Waals surface area contributed by atoms with Crippen LogP contribution in [0.3, 0.4) is 0 Å². The smallest absolute Gasteiger partial charge is 0.305 e. The molecule has 3 heteroatoms. The monoisotopic (exact) mass is 191 g/mol. The van der Waals surface area contributed by atoms with Crippen molar-refractivity contribution in [2.24, 2.45) is 0 Å². The van der Waals surface area contributed by atoms with Gasteiger partial charge < -0.3 is 9.30 Å². The zero-order chi connectivity index (χ0) is 9.97. The van der Waals surface area contributed by atoms with Gasteiger partial charge in [-0.2, -0.15) is 0 Å². The van der Waals surface area contributed by atoms with E-state index >= 15 is 0 Å². The highest BCUT2D eigenvalue weighted by Crippen LogP contribution is 2.17. The van der Waals surface area contributed by atoms with Gasteiger partial charge >= 0.3 is 5.97 Å². The average Bonchev–Trinajstić information content (AvgIpc) is 2.76. The fourth-order valence-corrected chi connectivity index (χ4v) is 1.72. The van der Waals surface area contributed by atoms with Gasteiger partial charge in [-0.05, 0) is 24.6 Å². The predicted octanol–water partition coefficient (Wildman–Crippen LogP) is 1.62. The molecule has 1 aliphatic heterocycles. The molecule has 0 N–H and O–H groups in total. The van der Waals surface area contributed by atoms with Crippen molar-refractivity contribution in [3.63, 3.8) is 0 Å². The average molecular weight is 191 g/mol. The number of carbonyl (C=O) groups excluding carboxylic acids is 1. The molecule has 0 saturated carbocycles. The van der Waals surface area contributed by atoms with E-state index in [0.717, 1.165) is 13.0 Å². The summed E-state index contributed by atoms with van der Waals surface area (Å²) >= 11 is 0. The molecule has 74 valence electrons. The molecular formula is C11H13NO2. The second-order valence-corrected chi connectivity index (χ2v) is 3.34. The fourth-order valence-electron chi connectivity index (χ4n) is 1.72. The van der Waals surface area contributed by atoms with Crippen LogP contribution in [0.15, 0.2) is 18.2 Å². The number of methoxy groups -OCH3 is 1. The first kappa shape index (κ1) is 9.06. The van der Waals surface area contributed by atoms with Gasteiger partial charge in [0.25, 0.3) is 0 Å². The van der Waals surface area contributed by atoms with E-state index in [2.05, 4.69) is 33.6 Å². The summed E-state index contributed by atoms with van der Waals surface area (Å²) in [7, 11) is 1.42. The maximum Gasteiger partial charge on any atom is 0.305 e. The molecule has 2 rings (SSSR count). The molecule has 0 saturated heterocycles. The molecule has 0 unspecified atom stereocenters. The van der Waals surface area contributed by atoms with Crippen molar-refractivity contribution < 1.29 is 9.53 Å². The van der Waals surface area contributed by atoms with Crippen LogP contribution >= 0.6 is 0 Å². The SMILES string of the molecule is COC(=O)CCc1ccc2n1CC=C2. The normalized spacial score (nSPS) is 12.9. The Bertz CT molecular complexity index is 377. The fraction of sp³-hybridized carbons (Fsp3) is 0.364. The van der Waals surface area contributed by atoms with E-state index in [0.29, 0.717) is 6.42 Å². The molecule has 1 aromatic heterocycles. The van der Waals surface area contributed by atoms with Crippen LogP contribution < -0.4 is 0 Å². The molecule has 0 fully saturated rings. The van der Waals surface area contributed by atoms with E-state index < -0.39 is 0 Å². The van der Waals surface area contributed by atoms with Crippen molar-refractivity contribution in [3.05, 3.63) is 29.6 Å². The first-order valence-corrected chi connectivity index (χ1v) is 4.73. The largest absolute Gasteiger partial charge is 0.469 e. The zero-order valence-corrected chi connectivity index (χ0v) is 8.19. The van der Waals surface area contributed by atoms with Crippen LogP contribution in [0, 0.1) is 0 Å². The molecule has 0 radical (unpaired) electrons. The third kappa shape index (κ3) is 1.58. The van der Waals surface area contributed by atoms with Crippen molar-refractivity contribution in [1.29, 1.82) is 0 Å². The number of hydrogen-bond donors (Lipinski definition) is 0. The van der Waals surface area contributed by atoms with Crippen molar-refractivity contribution in [3.8, 4) is 0 Å². The molecule has 1 aliphatic rings. The lowest BCUT2D eigenvalue weighted by molar-refractivity contribution is -0.140. The molecule has 0 aliphatic carbocycles. The molecule has 14 heavy (non-hydrogen) atoms. The van der Waals surface area contributed by atoms with Crippen LogP contribution in [0.2, 0.25) is 0 Å². The number of aromatic nitrogens is 1. The number of fused-ring (bicyclic) bond motifs is 1. The number of hydrogen-bond acceptors (Lipinski definition) is 2. The summed E-state index contributed by atoms with van der Waals surface area (Å²) in [5.74, 6) is -0.147. The van der Waals surface area contributed by atoms with Gasteiger partial charge in [-0.1, -0.05) is 6.08 Å². The summed E-state index contributed by atoms with van der Waals surface area (Å²) in [6, 6.07) is 4.15. The summed E-state index contributed by atoms with van der Waals surface area (Å²) < 4.78 is 6.82. The minimum absolute atomic E-state index is 0.147. The minimum atomic E-state index is -0.147. The van der Waals surface area contributed by atoms with Gasteiger partial charge in [-0.15, -0.1) is 0 Å². The lowest BCUT2D eigenvalue weighted by Gasteiger charge is -2.04. The highest BCUT2D eigenvalue weighted by molar-refractivity contribution is 5.69. The molecular weight excluding hydrogens is 178 g/mol. The second-order valence-electron chi connectivity index (χ2n) is 3.34. The quantitative estimate of drug-likeness (QED) is 0.680. The molecule has 0 bridgehead atoms. The van der Waals surface area contributed by atoms with Crippen molar-refractivity contribution in [2.75, 3.05) is 7.11 Å². The van der Waals surface area contributed by atoms with Crippen LogP contribution in [0.4, 0.5) is 0 Å². The molecule has 1 aromatic rings. The first-order valence-electron chi connectivity index (χ1n) is 4.73. The second kappa shape index (κ2) is 3.70. The van der Waals surface area contributed by atoms with Crippen LogP contribution in [0.25, 0.3) is 6.08 Å². The van der Waals surface area contributed by atoms with Gasteiger partial charge in [0.05, 0.1) is 13.5 Å². The molecule has 0 amide bonds. The Morgan fingerprint density at radius 3 is 3.21 bits per heavy atom. The maximum atomic E-state index is 11.0. The van der Waals surface area contributed by atoms with Crippen LogP contribution in [-0.2, 0) is 22.5 Å². The predicted molar refractivity (Wildman–Crippen MR) is 53.8 cm³/mol. The first-order chi connectivity index (χ1) is 6.81. The number of nitrogens with zero attached hydrogens (tertiary/aromatic N) is 1. The van der Waals surface area contributed by atoms with Gasteiger partial charge in [-0.25, -0.2) is 0 Å². The maximum absolute atomic E-state index is 11.0. The van der Waals surface area contributed by atoms with Crippen molar-refractivity contribution in [1.82, 2.24) is 4.57 Å². The summed E-state index contributed by atoms with van der Waals surface area (Å²) in [5, 5.41) is 0. The Labute approximate surface area is 83.0 Å². The van der Waals surface area contributed by atoms with Crippen molar-refractivity contribution in [2.45, 2.75) is 19.4 Å². The lowest BCUT2D eigenvalue weighted by Crippen LogP contribution is -2.05. The Kier molecular flexibility index (Phi) is 2.39. The summed E-state index contributed by atoms with van der Waals surface area (Å²) in [6.07, 6.45) is 5.44. The highest BCUT2D eigenvalue weighted by atomic mass is 16.5. The Hall–Kier alpha value is -1.51. The van der Waals surface area contributed by atoms with Crippen LogP contribution in [0.5, 0.6) is 0 Å². The Morgan fingerprint density at radius 2 is 2.43 bits per heavy atom. The number of aryl methyl sites for hydroxylation is 1. The highest BCUT2D eigenvalue weighted by Gasteiger charge is 2.10. The van der Waals surface area contributed by atoms with E-state index in [9.17, 15) is 4.79 Å². The lowest BCUT2D eigenvalue weighted by atomic mass is 10.2. The van der Waals surface area contributed by atoms with E-state index in [4.69, 9.17) is 0 Å². The van der Waals surface area contributed by atoms with E-state index in [1.165, 1.54) is 18.5 Å². The van der Waals surface area contributed by atoms with Gasteiger partial charge in [0.15, 0.2) is 0 Å². The molecule has 0 aromatic carbocycles. The topological polar surface area (TPSA) is 31.2 Å². The van der Waals surface area contributed by atoms with E-state index in [1.54, 1.807) is 0 Å². The third-order valence-electron chi connectivity index (χ3n) is 2.49. The summed E-state index contributed by atoms with van der Waals surface area (Å²) in [4.78, 5) is 11.0. The van der Waals surface area contributed by atoms with Crippen LogP contribution in [0.1, 0.15) is 17.8 Å². The summed E-state index contributed by atoms with van der Waals surface area (Å²) in [5.41, 5.74) is 2.43. The standard InChI is InChI=1S/C11H13NO2/c1-14-11(13)7-6-10-5-4-9-3-2-8-12(9)10/h2-5H,6-8H2,1H3. The van der Waals surface area contributed by atoms with Crippen molar-refractivity contribution >= 4 is 12.0 Å². The minimum Gasteiger partial charge on any atom is -0.469 e. The third-order valence-corrected chi connectivity index (χ3v) is 2.49. The van der Waals surface area contributed by atoms with Gasteiger partial charge in [-0.3, -0.25) is 4.79 Å². The molecule has 0 spiro atoms. The molecule has 0 atom stereocenters. The van der Waals surface area contributed by atoms with E-state index in [1.807, 2.05) is 0 Å². The zero-order valence-electron chi connectivity index (χ0n) is 8.19. The van der Waals surface area contributed by atoms with Crippen LogP contribution in [-0.4, -0.2) is 17.6 Å². The Balaban J connectivity index is 2.01. The Morgan fingerprint density at radius 1 is 1.57 bits per heavy atom. The number of rotatable bonds is 3. The molecule has 3 nitrogen and oxygen atoms in total. The number of ether oxygens (including phenoxy) is 1. The number of carbonyl (C=O) groups is 1. The van der Waals surface area contributed by atoms with E-state index in [-0.39, 0.29) is 5.97 Å². The summed E-state index contributed by atoms with van der Waals surface area (Å²) in [6.45, 7) is 0.929. The number of allylic oxidation sites excluding steroid dienone is 1. The van der Waals surface area contributed by atoms with Gasteiger partial charge in [0, 0.05) is 17.9 Å². The number of esters is 1.